The number of anilines is 1. The number of nitrogens with one attached hydrogen (secondary N) is 2. The molecule has 1 saturated heterocycles. The Labute approximate surface area is 251 Å². The van der Waals surface area contributed by atoms with E-state index in [1.165, 1.54) is 12.1 Å². The van der Waals surface area contributed by atoms with Crippen molar-refractivity contribution in [3.8, 4) is 0 Å². The molecule has 1 heterocycles. The van der Waals surface area contributed by atoms with Crippen LogP contribution in [0.25, 0.3) is 0 Å². The van der Waals surface area contributed by atoms with E-state index in [0.29, 0.717) is 18.6 Å². The molecule has 0 radical (unpaired) electrons. The van der Waals surface area contributed by atoms with Gasteiger partial charge in [0.05, 0.1) is 27.4 Å². The number of rotatable bonds is 8. The van der Waals surface area contributed by atoms with Gasteiger partial charge in [-0.1, -0.05) is 31.9 Å². The van der Waals surface area contributed by atoms with Crippen molar-refractivity contribution in [2.45, 2.75) is 67.2 Å². The van der Waals surface area contributed by atoms with Crippen LogP contribution in [0, 0.1) is 29.3 Å². The number of ether oxygens (including phenoxy) is 1. The van der Waals surface area contributed by atoms with Gasteiger partial charge in [0, 0.05) is 29.9 Å². The van der Waals surface area contributed by atoms with Crippen molar-refractivity contribution < 1.29 is 51.2 Å². The fraction of sp³-hybridized carbons (Fsp3) is 0.500. The summed E-state index contributed by atoms with van der Waals surface area (Å²) < 4.78 is 73.2. The Bertz CT molecular complexity index is 1490. The smallest absolute Gasteiger partial charge is 0.255 e. The van der Waals surface area contributed by atoms with Crippen LogP contribution < -0.4 is 10.6 Å². The number of carbonyl (C=O) groups is 2. The fourth-order valence-corrected chi connectivity index (χ4v) is 8.20. The Kier molecular flexibility index (Phi) is 9.79. The second kappa shape index (κ2) is 12.7. The van der Waals surface area contributed by atoms with Gasteiger partial charge in [-0.15, -0.1) is 0 Å². The lowest BCUT2D eigenvalue weighted by Crippen LogP contribution is -2.58. The number of aliphatic hydroxyl groups excluding tert-OH is 2. The molecular weight excluding hydrogens is 617 g/mol. The maximum atomic E-state index is 13.8. The summed E-state index contributed by atoms with van der Waals surface area (Å²) in [6.07, 6.45) is -3.61. The second-order valence-corrected chi connectivity index (χ2v) is 13.6. The molecule has 0 spiro atoms. The lowest BCUT2D eigenvalue weighted by atomic mass is 9.67. The average molecular weight is 649 g/mol. The van der Waals surface area contributed by atoms with Crippen LogP contribution in [-0.2, 0) is 19.4 Å². The number of aliphatic hydroxyl groups is 3. The first kappa shape index (κ1) is 33.1. The monoisotopic (exact) mass is 648 g/mol. The summed E-state index contributed by atoms with van der Waals surface area (Å²) in [4.78, 5) is 25.0. The van der Waals surface area contributed by atoms with Gasteiger partial charge in [-0.05, 0) is 42.9 Å². The molecule has 2 amide bonds. The van der Waals surface area contributed by atoms with Crippen LogP contribution in [0.4, 0.5) is 18.9 Å². The maximum Gasteiger partial charge on any atom is 0.255 e. The van der Waals surface area contributed by atoms with E-state index < -0.39 is 80.1 Å². The summed E-state index contributed by atoms with van der Waals surface area (Å²) in [6, 6.07) is 4.61. The quantitative estimate of drug-likeness (QED) is 0.273. The maximum absolute atomic E-state index is 13.8. The zero-order valence-corrected chi connectivity index (χ0v) is 24.8. The third kappa shape index (κ3) is 6.54. The molecule has 2 aromatic carbocycles. The topological polar surface area (TPSA) is 162 Å². The highest BCUT2D eigenvalue weighted by atomic mass is 35.5. The molecule has 1 unspecified atom stereocenters. The number of hydrogen-bond acceptors (Lipinski definition) is 8. The predicted molar refractivity (Wildman–Crippen MR) is 149 cm³/mol. The minimum Gasteiger partial charge on any atom is -0.388 e. The van der Waals surface area contributed by atoms with Crippen LogP contribution in [0.2, 0.25) is 5.02 Å². The first-order chi connectivity index (χ1) is 20.1. The summed E-state index contributed by atoms with van der Waals surface area (Å²) in [5.74, 6) is -7.62. The molecule has 2 fully saturated rings. The standard InChI is InChI=1S/C28H32ClF3N2O8S/c1-3-15-8-17(6-13(2)28(15,39)12-33-27(38)25-24(36)21(35)11-42-25)43(40,41)22-7-14(4-5-18(22)29)26(37)34-16-9-19(30)23(32)20(31)10-16/h4-5,7,9-10,13,15,17,21,24-25,35-36,39H,3,6,8,11-12H2,1-2H3,(H,33,38)(H,34,37)/t13-,15?,17-,21-,24-,25-,28-/m0/s1. The number of halogens is 4. The highest BCUT2D eigenvalue weighted by Gasteiger charge is 2.50. The van der Waals surface area contributed by atoms with E-state index in [9.17, 15) is 46.5 Å². The van der Waals surface area contributed by atoms with Crippen molar-refractivity contribution in [1.82, 2.24) is 5.32 Å². The molecule has 43 heavy (non-hydrogen) atoms. The van der Waals surface area contributed by atoms with E-state index in [2.05, 4.69) is 10.6 Å². The van der Waals surface area contributed by atoms with Gasteiger partial charge < -0.3 is 30.7 Å². The molecule has 236 valence electrons. The van der Waals surface area contributed by atoms with Gasteiger partial charge in [-0.3, -0.25) is 9.59 Å². The first-order valence-electron chi connectivity index (χ1n) is 13.6. The highest BCUT2D eigenvalue weighted by molar-refractivity contribution is 7.92. The van der Waals surface area contributed by atoms with Crippen molar-refractivity contribution in [2.24, 2.45) is 11.8 Å². The van der Waals surface area contributed by atoms with Gasteiger partial charge in [0.2, 0.25) is 0 Å². The van der Waals surface area contributed by atoms with Gasteiger partial charge in [0.1, 0.15) is 12.2 Å². The Morgan fingerprint density at radius 2 is 1.77 bits per heavy atom. The van der Waals surface area contributed by atoms with Crippen LogP contribution in [0.1, 0.15) is 43.5 Å². The Hall–Kier alpha value is -2.75. The van der Waals surface area contributed by atoms with Gasteiger partial charge in [0.25, 0.3) is 11.8 Å². The molecule has 0 bridgehead atoms. The van der Waals surface area contributed by atoms with Crippen molar-refractivity contribution in [2.75, 3.05) is 18.5 Å². The van der Waals surface area contributed by atoms with E-state index in [0.717, 1.165) is 6.07 Å². The number of amides is 2. The van der Waals surface area contributed by atoms with Crippen LogP contribution in [0.5, 0.6) is 0 Å². The lowest BCUT2D eigenvalue weighted by Gasteiger charge is -2.47. The minimum absolute atomic E-state index is 0.00228. The van der Waals surface area contributed by atoms with E-state index in [1.807, 2.05) is 0 Å². The fourth-order valence-electron chi connectivity index (χ4n) is 5.74. The second-order valence-electron chi connectivity index (χ2n) is 11.0. The van der Waals surface area contributed by atoms with Crippen LogP contribution in [-0.4, -0.2) is 77.9 Å². The van der Waals surface area contributed by atoms with Gasteiger partial charge >= 0.3 is 0 Å². The van der Waals surface area contributed by atoms with Crippen LogP contribution in [0.3, 0.4) is 0 Å². The van der Waals surface area contributed by atoms with E-state index in [-0.39, 0.29) is 47.2 Å². The normalized spacial score (nSPS) is 29.3. The number of sulfone groups is 1. The lowest BCUT2D eigenvalue weighted by molar-refractivity contribution is -0.138. The molecule has 4 rings (SSSR count). The molecule has 2 aliphatic rings. The molecule has 15 heteroatoms. The summed E-state index contributed by atoms with van der Waals surface area (Å²) in [5.41, 5.74) is -2.09. The summed E-state index contributed by atoms with van der Waals surface area (Å²) in [7, 11) is -4.19. The zero-order valence-electron chi connectivity index (χ0n) is 23.2. The number of benzene rings is 2. The Morgan fingerprint density at radius 3 is 2.35 bits per heavy atom. The minimum atomic E-state index is -4.19. The summed E-state index contributed by atoms with van der Waals surface area (Å²) in [5, 5.41) is 34.8. The van der Waals surface area contributed by atoms with Crippen LogP contribution >= 0.6 is 11.6 Å². The van der Waals surface area contributed by atoms with Crippen molar-refractivity contribution in [1.29, 1.82) is 0 Å². The van der Waals surface area contributed by atoms with Gasteiger partial charge in [0.15, 0.2) is 33.4 Å². The van der Waals surface area contributed by atoms with Gasteiger partial charge in [-0.25, -0.2) is 21.6 Å². The number of hydrogen-bond donors (Lipinski definition) is 5. The molecule has 5 N–H and O–H groups in total. The average Bonchev–Trinajstić information content (AvgIpc) is 3.29. The molecule has 10 nitrogen and oxygen atoms in total. The molecule has 1 aliphatic heterocycles. The molecule has 2 aromatic rings. The van der Waals surface area contributed by atoms with E-state index >= 15 is 0 Å². The SMILES string of the molecule is CCC1C[C@@H](S(=O)(=O)c2cc(C(=O)Nc3cc(F)c(F)c(F)c3)ccc2Cl)C[C@H](C)[C@@]1(O)CNC(=O)[C@H]1OC[C@H](O)[C@@H]1O. The van der Waals surface area contributed by atoms with Crippen molar-refractivity contribution >= 4 is 38.9 Å². The highest BCUT2D eigenvalue weighted by Crippen LogP contribution is 2.44. The Balaban J connectivity index is 1.51. The molecule has 7 atom stereocenters. The summed E-state index contributed by atoms with van der Waals surface area (Å²) >= 11 is 6.26. The molecule has 1 saturated carbocycles. The zero-order chi connectivity index (χ0) is 31.9. The third-order valence-electron chi connectivity index (χ3n) is 8.35. The largest absolute Gasteiger partial charge is 0.388 e. The number of carbonyl (C=O) groups excluding carboxylic acids is 2. The predicted octanol–water partition coefficient (Wildman–Crippen LogP) is 2.58. The third-order valence-corrected chi connectivity index (χ3v) is 11.0. The molecular formula is C28H32ClF3N2O8S. The molecule has 0 aromatic heterocycles. The van der Waals surface area contributed by atoms with E-state index in [1.54, 1.807) is 13.8 Å². The van der Waals surface area contributed by atoms with Gasteiger partial charge in [-0.2, -0.15) is 0 Å². The first-order valence-corrected chi connectivity index (χ1v) is 15.5. The van der Waals surface area contributed by atoms with E-state index in [4.69, 9.17) is 16.3 Å². The van der Waals surface area contributed by atoms with Crippen LogP contribution in [0.15, 0.2) is 35.2 Å². The van der Waals surface area contributed by atoms with Crippen molar-refractivity contribution in [3.63, 3.8) is 0 Å². The Morgan fingerprint density at radius 1 is 1.12 bits per heavy atom. The summed E-state index contributed by atoms with van der Waals surface area (Å²) in [6.45, 7) is 2.94. The van der Waals surface area contributed by atoms with Crippen molar-refractivity contribution in [3.05, 3.63) is 58.4 Å². The molecule has 1 aliphatic carbocycles.